The highest BCUT2D eigenvalue weighted by Crippen LogP contribution is 2.24. The number of nitrogens with zero attached hydrogens (tertiary/aromatic N) is 3. The van der Waals surface area contributed by atoms with Gasteiger partial charge >= 0.3 is 0 Å². The van der Waals surface area contributed by atoms with Crippen LogP contribution in [0.4, 0.5) is 5.69 Å². The van der Waals surface area contributed by atoms with Crippen LogP contribution in [0, 0.1) is 25.2 Å². The maximum absolute atomic E-state index is 13.3. The normalized spacial score (nSPS) is 11.1. The van der Waals surface area contributed by atoms with Gasteiger partial charge in [0.1, 0.15) is 28.6 Å². The zero-order valence-corrected chi connectivity index (χ0v) is 18.1. The number of benzene rings is 2. The van der Waals surface area contributed by atoms with Crippen molar-refractivity contribution in [1.29, 1.82) is 5.26 Å². The molecule has 0 saturated heterocycles. The number of nitrogens with one attached hydrogen (secondary N) is 1. The van der Waals surface area contributed by atoms with E-state index in [9.17, 15) is 14.9 Å². The topological polar surface area (TPSA) is 96.5 Å². The van der Waals surface area contributed by atoms with Gasteiger partial charge in [-0.05, 0) is 55.8 Å². The lowest BCUT2D eigenvalue weighted by molar-refractivity contribution is -0.112. The van der Waals surface area contributed by atoms with Crippen LogP contribution >= 0.6 is 0 Å². The molecule has 162 valence electrons. The quantitative estimate of drug-likeness (QED) is 0.363. The summed E-state index contributed by atoms with van der Waals surface area (Å²) < 4.78 is 7.27. The van der Waals surface area contributed by atoms with E-state index >= 15 is 0 Å². The fourth-order valence-electron chi connectivity index (χ4n) is 3.22. The van der Waals surface area contributed by atoms with E-state index in [0.29, 0.717) is 17.1 Å². The number of carbonyl (C=O) groups is 1. The van der Waals surface area contributed by atoms with Crippen molar-refractivity contribution in [2.45, 2.75) is 13.8 Å². The summed E-state index contributed by atoms with van der Waals surface area (Å²) in [5, 5.41) is 12.3. The monoisotopic (exact) mass is 436 g/mol. The number of nitriles is 1. The highest BCUT2D eigenvalue weighted by molar-refractivity contribution is 6.09. The number of aryl methyl sites for hydroxylation is 2. The average molecular weight is 436 g/mol. The van der Waals surface area contributed by atoms with Crippen molar-refractivity contribution < 1.29 is 9.53 Å². The number of rotatable bonds is 5. The zero-order valence-electron chi connectivity index (χ0n) is 18.1. The Morgan fingerprint density at radius 1 is 1.06 bits per heavy atom. The largest absolute Gasteiger partial charge is 0.438 e. The van der Waals surface area contributed by atoms with Crippen molar-refractivity contribution >= 4 is 23.3 Å². The molecular weight excluding hydrogens is 416 g/mol. The molecule has 33 heavy (non-hydrogen) atoms. The zero-order chi connectivity index (χ0) is 23.4. The van der Waals surface area contributed by atoms with E-state index in [2.05, 4.69) is 10.3 Å². The Balaban J connectivity index is 1.82. The molecule has 0 aliphatic rings. The van der Waals surface area contributed by atoms with Gasteiger partial charge in [-0.3, -0.25) is 14.0 Å². The average Bonchev–Trinajstić information content (AvgIpc) is 2.82. The van der Waals surface area contributed by atoms with Gasteiger partial charge in [0.25, 0.3) is 11.5 Å². The van der Waals surface area contributed by atoms with E-state index in [1.807, 2.05) is 44.2 Å². The fourth-order valence-corrected chi connectivity index (χ4v) is 3.22. The van der Waals surface area contributed by atoms with Crippen LogP contribution in [0.3, 0.4) is 0 Å². The molecule has 4 aromatic rings. The van der Waals surface area contributed by atoms with Gasteiger partial charge in [-0.2, -0.15) is 10.2 Å². The molecule has 7 heteroatoms. The third-order valence-electron chi connectivity index (χ3n) is 4.97. The molecule has 0 aliphatic carbocycles. The number of para-hydroxylation sites is 1. The number of anilines is 1. The molecule has 0 unspecified atom stereocenters. The molecule has 1 amide bonds. The van der Waals surface area contributed by atoms with Gasteiger partial charge in [0.05, 0.1) is 0 Å². The number of ether oxygens (including phenoxy) is 1. The summed E-state index contributed by atoms with van der Waals surface area (Å²) in [6.45, 7) is 3.77. The Morgan fingerprint density at radius 3 is 2.48 bits per heavy atom. The van der Waals surface area contributed by atoms with Gasteiger partial charge in [0, 0.05) is 11.9 Å². The van der Waals surface area contributed by atoms with Crippen molar-refractivity contribution in [3.05, 3.63) is 106 Å². The number of hydrogen-bond acceptors (Lipinski definition) is 5. The second-order valence-electron chi connectivity index (χ2n) is 7.43. The molecule has 1 N–H and O–H groups in total. The van der Waals surface area contributed by atoms with Crippen molar-refractivity contribution in [3.63, 3.8) is 0 Å². The predicted octanol–water partition coefficient (Wildman–Crippen LogP) is 4.65. The summed E-state index contributed by atoms with van der Waals surface area (Å²) in [7, 11) is 0. The van der Waals surface area contributed by atoms with Gasteiger partial charge in [0.2, 0.25) is 5.88 Å². The Morgan fingerprint density at radius 2 is 1.79 bits per heavy atom. The summed E-state index contributed by atoms with van der Waals surface area (Å²) in [5.74, 6) is -0.156. The third kappa shape index (κ3) is 4.65. The lowest BCUT2D eigenvalue weighted by atomic mass is 10.1. The third-order valence-corrected chi connectivity index (χ3v) is 4.97. The van der Waals surface area contributed by atoms with Crippen LogP contribution in [-0.2, 0) is 4.79 Å². The number of amides is 1. The number of aromatic nitrogens is 2. The maximum atomic E-state index is 13.3. The molecule has 7 nitrogen and oxygen atoms in total. The molecule has 2 aromatic carbocycles. The molecule has 0 atom stereocenters. The lowest BCUT2D eigenvalue weighted by Gasteiger charge is -2.11. The standard InChI is InChI=1S/C26H20N4O3/c1-17-10-12-20(13-11-17)28-24(31)19(16-27)15-22-25(33-21-8-4-3-5-9-21)29-23-18(2)7-6-14-30(23)26(22)32/h3-15H,1-2H3,(H,28,31)/b19-15+. The van der Waals surface area contributed by atoms with Crippen LogP contribution in [0.5, 0.6) is 11.6 Å². The van der Waals surface area contributed by atoms with Crippen molar-refractivity contribution in [1.82, 2.24) is 9.38 Å². The second kappa shape index (κ2) is 9.20. The summed E-state index contributed by atoms with van der Waals surface area (Å²) in [6, 6.07) is 21.5. The summed E-state index contributed by atoms with van der Waals surface area (Å²) in [5.41, 5.74) is 2.07. The van der Waals surface area contributed by atoms with Crippen LogP contribution in [0.15, 0.2) is 83.3 Å². The van der Waals surface area contributed by atoms with E-state index < -0.39 is 11.5 Å². The van der Waals surface area contributed by atoms with Gasteiger partial charge in [0.15, 0.2) is 0 Å². The number of hydrogen-bond donors (Lipinski definition) is 1. The summed E-state index contributed by atoms with van der Waals surface area (Å²) >= 11 is 0. The van der Waals surface area contributed by atoms with Gasteiger partial charge in [-0.15, -0.1) is 0 Å². The van der Waals surface area contributed by atoms with Gasteiger partial charge in [-0.25, -0.2) is 0 Å². The minimum Gasteiger partial charge on any atom is -0.438 e. The molecule has 0 aliphatic heterocycles. The van der Waals surface area contributed by atoms with E-state index in [0.717, 1.165) is 11.1 Å². The van der Waals surface area contributed by atoms with Crippen LogP contribution < -0.4 is 15.6 Å². The molecule has 0 saturated carbocycles. The van der Waals surface area contributed by atoms with E-state index in [-0.39, 0.29) is 17.0 Å². The predicted molar refractivity (Wildman–Crippen MR) is 126 cm³/mol. The number of carbonyl (C=O) groups excluding carboxylic acids is 1. The smallest absolute Gasteiger partial charge is 0.269 e. The first kappa shape index (κ1) is 21.5. The first-order valence-electron chi connectivity index (χ1n) is 10.2. The van der Waals surface area contributed by atoms with Crippen LogP contribution in [-0.4, -0.2) is 15.3 Å². The summed E-state index contributed by atoms with van der Waals surface area (Å²) in [4.78, 5) is 30.6. The molecule has 0 radical (unpaired) electrons. The van der Waals surface area contributed by atoms with Gasteiger partial charge in [-0.1, -0.05) is 42.0 Å². The van der Waals surface area contributed by atoms with E-state index in [4.69, 9.17) is 4.74 Å². The SMILES string of the molecule is Cc1ccc(NC(=O)/C(C#N)=C/c2c(Oc3ccccc3)nc3c(C)cccn3c2=O)cc1. The minimum absolute atomic E-state index is 0.00226. The number of pyridine rings is 1. The van der Waals surface area contributed by atoms with Crippen LogP contribution in [0.25, 0.3) is 11.7 Å². The first-order valence-corrected chi connectivity index (χ1v) is 10.2. The Labute approximate surface area is 190 Å². The minimum atomic E-state index is -0.638. The van der Waals surface area contributed by atoms with Gasteiger partial charge < -0.3 is 10.1 Å². The van der Waals surface area contributed by atoms with Crippen molar-refractivity contribution in [2.24, 2.45) is 0 Å². The van der Waals surface area contributed by atoms with E-state index in [1.54, 1.807) is 48.7 Å². The van der Waals surface area contributed by atoms with Crippen molar-refractivity contribution in [2.75, 3.05) is 5.32 Å². The van der Waals surface area contributed by atoms with Crippen LogP contribution in [0.2, 0.25) is 0 Å². The van der Waals surface area contributed by atoms with Crippen LogP contribution in [0.1, 0.15) is 16.7 Å². The number of fused-ring (bicyclic) bond motifs is 1. The molecule has 0 bridgehead atoms. The fraction of sp³-hybridized carbons (Fsp3) is 0.0769. The maximum Gasteiger partial charge on any atom is 0.269 e. The Bertz CT molecular complexity index is 1460. The Hall–Kier alpha value is -4.70. The molecule has 0 fully saturated rings. The van der Waals surface area contributed by atoms with E-state index in [1.165, 1.54) is 10.5 Å². The highest BCUT2D eigenvalue weighted by atomic mass is 16.5. The Kier molecular flexibility index (Phi) is 6.00. The second-order valence-corrected chi connectivity index (χ2v) is 7.43. The van der Waals surface area contributed by atoms with Crippen molar-refractivity contribution in [3.8, 4) is 17.7 Å². The first-order chi connectivity index (χ1) is 16.0. The molecule has 2 aromatic heterocycles. The molecule has 0 spiro atoms. The lowest BCUT2D eigenvalue weighted by Crippen LogP contribution is -2.20. The highest BCUT2D eigenvalue weighted by Gasteiger charge is 2.18. The molecule has 2 heterocycles. The summed E-state index contributed by atoms with van der Waals surface area (Å²) in [6.07, 6.45) is 2.80. The molecular formula is C26H20N4O3. The molecule has 4 rings (SSSR count).